The van der Waals surface area contributed by atoms with Crippen LogP contribution in [0.15, 0.2) is 18.3 Å². The Morgan fingerprint density at radius 1 is 1.30 bits per heavy atom. The van der Waals surface area contributed by atoms with Gasteiger partial charge in [0.1, 0.15) is 18.6 Å². The number of carbonyl (C=O) groups excluding carboxylic acids is 1. The maximum atomic E-state index is 11.8. The molecule has 0 bridgehead atoms. The lowest BCUT2D eigenvalue weighted by molar-refractivity contribution is -0.143. The Labute approximate surface area is 144 Å². The first kappa shape index (κ1) is 18.2. The number of carbonyl (C=O) groups is 1. The Morgan fingerprint density at radius 2 is 1.91 bits per heavy atom. The topological polar surface area (TPSA) is 73.5 Å². The molecule has 2 heterocycles. The Bertz CT molecular complexity index is 629. The molecule has 126 valence electrons. The van der Waals surface area contributed by atoms with Crippen LogP contribution in [-0.2, 0) is 25.4 Å². The number of pyridine rings is 1. The summed E-state index contributed by atoms with van der Waals surface area (Å²) in [7, 11) is -0.523. The van der Waals surface area contributed by atoms with Crippen LogP contribution in [0, 0.1) is 5.41 Å². The lowest BCUT2D eigenvalue weighted by Gasteiger charge is -2.32. The highest BCUT2D eigenvalue weighted by molar-refractivity contribution is 9.09. The van der Waals surface area contributed by atoms with Crippen molar-refractivity contribution < 1.29 is 18.8 Å². The number of aromatic nitrogens is 1. The minimum absolute atomic E-state index is 0.0147. The van der Waals surface area contributed by atoms with Crippen molar-refractivity contribution in [3.05, 3.63) is 23.8 Å². The zero-order chi connectivity index (χ0) is 17.3. The number of esters is 1. The molecule has 0 atom stereocenters. The number of rotatable bonds is 5. The van der Waals surface area contributed by atoms with E-state index in [9.17, 15) is 4.79 Å². The van der Waals surface area contributed by atoms with Crippen molar-refractivity contribution in [1.82, 2.24) is 4.57 Å². The molecule has 0 saturated carbocycles. The van der Waals surface area contributed by atoms with Gasteiger partial charge in [-0.2, -0.15) is 0 Å². The van der Waals surface area contributed by atoms with Crippen molar-refractivity contribution in [1.29, 1.82) is 5.41 Å². The Hall–Kier alpha value is -1.12. The van der Waals surface area contributed by atoms with Crippen molar-refractivity contribution in [2.75, 3.05) is 11.9 Å². The zero-order valence-corrected chi connectivity index (χ0v) is 15.5. The van der Waals surface area contributed by atoms with Crippen LogP contribution in [0.5, 0.6) is 0 Å². The summed E-state index contributed by atoms with van der Waals surface area (Å²) in [6, 6.07) is 3.41. The van der Waals surface area contributed by atoms with Gasteiger partial charge in [0.25, 0.3) is 0 Å². The van der Waals surface area contributed by atoms with Crippen molar-refractivity contribution in [2.24, 2.45) is 0 Å². The first-order valence-electron chi connectivity index (χ1n) is 7.48. The molecule has 1 fully saturated rings. The molecule has 1 N–H and O–H groups in total. The molecule has 1 aromatic heterocycles. The first-order valence-corrected chi connectivity index (χ1v) is 8.60. The standard InChI is InChI=1S/C15H22BBrN2O4/c1-14(2)15(3,4)23-16(22-14)11-5-6-12(18)19(9-11)10-13(20)21-8-7-17/h5-6,9,18H,7-8,10H2,1-4H3. The van der Waals surface area contributed by atoms with E-state index in [0.29, 0.717) is 11.9 Å². The molecule has 1 aliphatic heterocycles. The second-order valence-electron chi connectivity index (χ2n) is 6.47. The zero-order valence-electron chi connectivity index (χ0n) is 13.9. The second kappa shape index (κ2) is 6.79. The van der Waals surface area contributed by atoms with Crippen LogP contribution in [0.2, 0.25) is 0 Å². The summed E-state index contributed by atoms with van der Waals surface area (Å²) < 4.78 is 18.5. The minimum Gasteiger partial charge on any atom is -0.463 e. The van der Waals surface area contributed by atoms with Crippen LogP contribution in [-0.4, -0.2) is 40.8 Å². The molecule has 0 aliphatic carbocycles. The van der Waals surface area contributed by atoms with Gasteiger partial charge in [0.2, 0.25) is 0 Å². The van der Waals surface area contributed by atoms with Gasteiger partial charge < -0.3 is 18.6 Å². The van der Waals surface area contributed by atoms with Crippen LogP contribution >= 0.6 is 15.9 Å². The van der Waals surface area contributed by atoms with E-state index in [1.165, 1.54) is 4.57 Å². The molecular weight excluding hydrogens is 363 g/mol. The largest absolute Gasteiger partial charge is 0.496 e. The molecule has 6 nitrogen and oxygen atoms in total. The molecule has 0 spiro atoms. The average molecular weight is 385 g/mol. The maximum absolute atomic E-state index is 11.8. The summed E-state index contributed by atoms with van der Waals surface area (Å²) in [5.74, 6) is -0.381. The van der Waals surface area contributed by atoms with Gasteiger partial charge in [-0.05, 0) is 39.2 Å². The van der Waals surface area contributed by atoms with E-state index in [-0.39, 0.29) is 18.0 Å². The van der Waals surface area contributed by atoms with Crippen LogP contribution in [0.25, 0.3) is 0 Å². The molecule has 0 radical (unpaired) electrons. The Kier molecular flexibility index (Phi) is 5.38. The Morgan fingerprint density at radius 3 is 2.48 bits per heavy atom. The third-order valence-electron chi connectivity index (χ3n) is 4.21. The molecule has 23 heavy (non-hydrogen) atoms. The van der Waals surface area contributed by atoms with Crippen LogP contribution in [0.1, 0.15) is 27.7 Å². The first-order chi connectivity index (χ1) is 10.7. The summed E-state index contributed by atoms with van der Waals surface area (Å²) in [4.78, 5) is 11.8. The summed E-state index contributed by atoms with van der Waals surface area (Å²) in [6.07, 6.45) is 1.71. The van der Waals surface area contributed by atoms with E-state index >= 15 is 0 Å². The molecule has 8 heteroatoms. The Balaban J connectivity index is 2.18. The van der Waals surface area contributed by atoms with Crippen molar-refractivity contribution >= 4 is 34.5 Å². The van der Waals surface area contributed by atoms with E-state index in [0.717, 1.165) is 5.46 Å². The highest BCUT2D eigenvalue weighted by atomic mass is 79.9. The fourth-order valence-corrected chi connectivity index (χ4v) is 2.31. The highest BCUT2D eigenvalue weighted by Crippen LogP contribution is 2.36. The van der Waals surface area contributed by atoms with Crippen LogP contribution < -0.4 is 11.0 Å². The van der Waals surface area contributed by atoms with Crippen molar-refractivity contribution in [2.45, 2.75) is 45.4 Å². The predicted octanol–water partition coefficient (Wildman–Crippen LogP) is 1.20. The molecule has 2 rings (SSSR count). The van der Waals surface area contributed by atoms with Gasteiger partial charge in [0, 0.05) is 11.5 Å². The third-order valence-corrected chi connectivity index (χ3v) is 4.54. The van der Waals surface area contributed by atoms with Crippen molar-refractivity contribution in [3.8, 4) is 0 Å². The maximum Gasteiger partial charge on any atom is 0.496 e. The average Bonchev–Trinajstić information content (AvgIpc) is 2.67. The summed E-state index contributed by atoms with van der Waals surface area (Å²) in [6.45, 7) is 8.23. The van der Waals surface area contributed by atoms with Crippen LogP contribution in [0.4, 0.5) is 0 Å². The number of nitrogens with one attached hydrogen (secondary N) is 1. The predicted molar refractivity (Wildman–Crippen MR) is 90.8 cm³/mol. The van der Waals surface area contributed by atoms with Crippen molar-refractivity contribution in [3.63, 3.8) is 0 Å². The van der Waals surface area contributed by atoms with E-state index in [1.54, 1.807) is 18.3 Å². The van der Waals surface area contributed by atoms with Gasteiger partial charge >= 0.3 is 13.1 Å². The van der Waals surface area contributed by atoms with E-state index in [4.69, 9.17) is 19.5 Å². The number of hydrogen-bond donors (Lipinski definition) is 1. The monoisotopic (exact) mass is 384 g/mol. The summed E-state index contributed by atoms with van der Waals surface area (Å²) in [5.41, 5.74) is 0.127. The molecule has 1 aliphatic rings. The van der Waals surface area contributed by atoms with E-state index in [2.05, 4.69) is 15.9 Å². The third kappa shape index (κ3) is 4.05. The molecule has 1 aromatic rings. The molecule has 0 aromatic carbocycles. The number of ether oxygens (including phenoxy) is 1. The second-order valence-corrected chi connectivity index (χ2v) is 7.27. The number of alkyl halides is 1. The van der Waals surface area contributed by atoms with Gasteiger partial charge in [-0.1, -0.05) is 22.0 Å². The minimum atomic E-state index is -0.523. The number of nitrogens with zero attached hydrogens (tertiary/aromatic N) is 1. The fourth-order valence-electron chi connectivity index (χ4n) is 2.15. The van der Waals surface area contributed by atoms with Crippen LogP contribution in [0.3, 0.4) is 0 Å². The lowest BCUT2D eigenvalue weighted by atomic mass is 9.80. The number of halogens is 1. The number of hydrogen-bond acceptors (Lipinski definition) is 5. The summed E-state index contributed by atoms with van der Waals surface area (Å²) >= 11 is 3.20. The smallest absolute Gasteiger partial charge is 0.463 e. The molecule has 0 amide bonds. The lowest BCUT2D eigenvalue weighted by Crippen LogP contribution is -2.41. The highest BCUT2D eigenvalue weighted by Gasteiger charge is 2.51. The van der Waals surface area contributed by atoms with Gasteiger partial charge in [-0.3, -0.25) is 10.2 Å². The summed E-state index contributed by atoms with van der Waals surface area (Å²) in [5, 5.41) is 8.52. The normalized spacial score (nSPS) is 18.9. The van der Waals surface area contributed by atoms with E-state index in [1.807, 2.05) is 27.7 Å². The van der Waals surface area contributed by atoms with Gasteiger partial charge in [-0.25, -0.2) is 0 Å². The van der Waals surface area contributed by atoms with Gasteiger partial charge in [0.05, 0.1) is 11.2 Å². The SMILES string of the molecule is CC1(C)OB(c2ccc(=N)n(CC(=O)OCCBr)c2)OC1(C)C. The molecule has 1 saturated heterocycles. The van der Waals surface area contributed by atoms with Gasteiger partial charge in [0.15, 0.2) is 0 Å². The van der Waals surface area contributed by atoms with E-state index < -0.39 is 18.3 Å². The van der Waals surface area contributed by atoms with Gasteiger partial charge in [-0.15, -0.1) is 0 Å². The molecular formula is C15H22BBrN2O4. The quantitative estimate of drug-likeness (QED) is 0.470. The molecule has 0 unspecified atom stereocenters. The fraction of sp³-hybridized carbons (Fsp3) is 0.600.